The highest BCUT2D eigenvalue weighted by Gasteiger charge is 2.37. The quantitative estimate of drug-likeness (QED) is 0.259. The van der Waals surface area contributed by atoms with Crippen LogP contribution in [0.25, 0.3) is 42.4 Å². The summed E-state index contributed by atoms with van der Waals surface area (Å²) >= 11 is 8.30. The molecule has 0 spiro atoms. The summed E-state index contributed by atoms with van der Waals surface area (Å²) in [5, 5.41) is 3.51. The van der Waals surface area contributed by atoms with Gasteiger partial charge in [-0.2, -0.15) is 0 Å². The maximum absolute atomic E-state index is 6.37. The summed E-state index contributed by atoms with van der Waals surface area (Å²) in [4.78, 5) is 0. The molecule has 1 aliphatic rings. The number of halogens is 1. The first-order chi connectivity index (χ1) is 14.1. The lowest BCUT2D eigenvalue weighted by atomic mass is 9.82. The van der Waals surface area contributed by atoms with Crippen molar-refractivity contribution in [3.05, 3.63) is 95.0 Å². The smallest absolute Gasteiger partial charge is 0.0433 e. The zero-order chi connectivity index (χ0) is 19.8. The maximum atomic E-state index is 6.37. The molecule has 1 heterocycles. The summed E-state index contributed by atoms with van der Waals surface area (Å²) in [5.74, 6) is 0. The number of hydrogen-bond donors (Lipinski definition) is 0. The van der Waals surface area contributed by atoms with E-state index in [0.29, 0.717) is 0 Å². The molecule has 0 N–H and O–H groups in total. The fourth-order valence-corrected chi connectivity index (χ4v) is 6.67. The average molecular weight is 411 g/mol. The van der Waals surface area contributed by atoms with Crippen molar-refractivity contribution in [2.45, 2.75) is 19.3 Å². The minimum Gasteiger partial charge on any atom is -0.134 e. The summed E-state index contributed by atoms with van der Waals surface area (Å²) < 4.78 is 2.77. The molecule has 0 saturated carbocycles. The molecule has 6 rings (SSSR count). The number of rotatable bonds is 1. The SMILES string of the molecule is CC1(C)c2cc(Cl)ccc2-c2ccc3c(sc4c(-c5ccccc5)cccc43)c21. The van der Waals surface area contributed by atoms with Crippen molar-refractivity contribution in [3.8, 4) is 22.3 Å². The Morgan fingerprint density at radius 1 is 0.690 bits per heavy atom. The van der Waals surface area contributed by atoms with Crippen LogP contribution in [0, 0.1) is 0 Å². The zero-order valence-electron chi connectivity index (χ0n) is 16.3. The van der Waals surface area contributed by atoms with E-state index in [4.69, 9.17) is 11.6 Å². The minimum absolute atomic E-state index is 0.0666. The van der Waals surface area contributed by atoms with Crippen molar-refractivity contribution in [3.63, 3.8) is 0 Å². The standard InChI is InChI=1S/C27H19ClS/c1-27(2)23-15-17(28)11-12-19(23)20-13-14-22-21-10-6-9-18(16-7-4-3-5-8-16)25(21)29-26(22)24(20)27/h3-15H,1-2H3. The van der Waals surface area contributed by atoms with Crippen LogP contribution < -0.4 is 0 Å². The number of benzene rings is 4. The average Bonchev–Trinajstić information content (AvgIpc) is 3.21. The summed E-state index contributed by atoms with van der Waals surface area (Å²) in [5.41, 5.74) is 7.95. The van der Waals surface area contributed by atoms with E-state index >= 15 is 0 Å². The van der Waals surface area contributed by atoms with Gasteiger partial charge in [0.2, 0.25) is 0 Å². The van der Waals surface area contributed by atoms with E-state index in [9.17, 15) is 0 Å². The molecule has 0 nitrogen and oxygen atoms in total. The van der Waals surface area contributed by atoms with Crippen molar-refractivity contribution in [2.24, 2.45) is 0 Å². The van der Waals surface area contributed by atoms with Gasteiger partial charge < -0.3 is 0 Å². The van der Waals surface area contributed by atoms with Gasteiger partial charge in [-0.05, 0) is 45.5 Å². The molecule has 4 aromatic carbocycles. The molecule has 0 saturated heterocycles. The van der Waals surface area contributed by atoms with Gasteiger partial charge in [0, 0.05) is 30.6 Å². The van der Waals surface area contributed by atoms with Crippen LogP contribution in [0.4, 0.5) is 0 Å². The van der Waals surface area contributed by atoms with Crippen molar-refractivity contribution in [1.29, 1.82) is 0 Å². The first-order valence-corrected chi connectivity index (χ1v) is 11.1. The van der Waals surface area contributed by atoms with Crippen LogP contribution in [0.1, 0.15) is 25.0 Å². The fraction of sp³-hybridized carbons (Fsp3) is 0.111. The molecule has 2 heteroatoms. The monoisotopic (exact) mass is 410 g/mol. The summed E-state index contributed by atoms with van der Waals surface area (Å²) in [6.45, 7) is 4.66. The first-order valence-electron chi connectivity index (χ1n) is 9.90. The van der Waals surface area contributed by atoms with Crippen LogP contribution in [0.2, 0.25) is 5.02 Å². The highest BCUT2D eigenvalue weighted by atomic mass is 35.5. The third-order valence-corrected chi connectivity index (χ3v) is 7.83. The molecule has 0 unspecified atom stereocenters. The second kappa shape index (κ2) is 5.95. The van der Waals surface area contributed by atoms with Crippen molar-refractivity contribution in [2.75, 3.05) is 0 Å². The van der Waals surface area contributed by atoms with Crippen LogP contribution >= 0.6 is 22.9 Å². The Morgan fingerprint density at radius 2 is 1.45 bits per heavy atom. The Labute approximate surface area is 179 Å². The molecule has 0 amide bonds. The second-order valence-electron chi connectivity index (χ2n) is 8.33. The Morgan fingerprint density at radius 3 is 2.28 bits per heavy atom. The highest BCUT2D eigenvalue weighted by molar-refractivity contribution is 7.26. The minimum atomic E-state index is -0.0666. The molecule has 0 radical (unpaired) electrons. The first kappa shape index (κ1) is 17.3. The lowest BCUT2D eigenvalue weighted by Gasteiger charge is -2.22. The predicted molar refractivity (Wildman–Crippen MR) is 127 cm³/mol. The van der Waals surface area contributed by atoms with E-state index in [0.717, 1.165) is 5.02 Å². The third kappa shape index (κ3) is 2.32. The Hall–Kier alpha value is -2.61. The predicted octanol–water partition coefficient (Wildman–Crippen LogP) is 8.68. The van der Waals surface area contributed by atoms with Crippen molar-refractivity contribution >= 4 is 43.1 Å². The van der Waals surface area contributed by atoms with E-state index < -0.39 is 0 Å². The van der Waals surface area contributed by atoms with E-state index in [2.05, 4.69) is 86.6 Å². The van der Waals surface area contributed by atoms with Gasteiger partial charge in [-0.3, -0.25) is 0 Å². The lowest BCUT2D eigenvalue weighted by Crippen LogP contribution is -2.15. The number of hydrogen-bond acceptors (Lipinski definition) is 1. The van der Waals surface area contributed by atoms with Crippen LogP contribution in [0.5, 0.6) is 0 Å². The Balaban J connectivity index is 1.72. The number of thiophene rings is 1. The molecule has 29 heavy (non-hydrogen) atoms. The molecular weight excluding hydrogens is 392 g/mol. The molecule has 0 bridgehead atoms. The maximum Gasteiger partial charge on any atom is 0.0433 e. The molecule has 0 aliphatic heterocycles. The normalized spacial score (nSPS) is 14.3. The largest absolute Gasteiger partial charge is 0.134 e. The molecule has 5 aromatic rings. The Kier molecular flexibility index (Phi) is 3.54. The zero-order valence-corrected chi connectivity index (χ0v) is 17.9. The van der Waals surface area contributed by atoms with E-state index in [1.807, 2.05) is 17.4 Å². The summed E-state index contributed by atoms with van der Waals surface area (Å²) in [6, 6.07) is 28.3. The van der Waals surface area contributed by atoms with Gasteiger partial charge in [0.15, 0.2) is 0 Å². The molecule has 0 atom stereocenters. The van der Waals surface area contributed by atoms with Gasteiger partial charge in [-0.25, -0.2) is 0 Å². The highest BCUT2D eigenvalue weighted by Crippen LogP contribution is 2.54. The van der Waals surface area contributed by atoms with Gasteiger partial charge >= 0.3 is 0 Å². The summed E-state index contributed by atoms with van der Waals surface area (Å²) in [7, 11) is 0. The molecule has 140 valence electrons. The van der Waals surface area contributed by atoms with Crippen LogP contribution in [0.3, 0.4) is 0 Å². The topological polar surface area (TPSA) is 0 Å². The Bertz CT molecular complexity index is 1420. The van der Waals surface area contributed by atoms with Gasteiger partial charge in [-0.15, -0.1) is 11.3 Å². The molecule has 1 aromatic heterocycles. The molecule has 0 fully saturated rings. The van der Waals surface area contributed by atoms with E-state index in [1.165, 1.54) is 53.6 Å². The van der Waals surface area contributed by atoms with Crippen LogP contribution in [-0.4, -0.2) is 0 Å². The lowest BCUT2D eigenvalue weighted by molar-refractivity contribution is 0.667. The molecule has 1 aliphatic carbocycles. The fourth-order valence-electron chi connectivity index (χ4n) is 4.95. The number of fused-ring (bicyclic) bond motifs is 7. The third-order valence-electron chi connectivity index (χ3n) is 6.32. The van der Waals surface area contributed by atoms with E-state index in [-0.39, 0.29) is 5.41 Å². The van der Waals surface area contributed by atoms with Crippen LogP contribution in [0.15, 0.2) is 78.9 Å². The van der Waals surface area contributed by atoms with Crippen molar-refractivity contribution < 1.29 is 0 Å². The van der Waals surface area contributed by atoms with Crippen LogP contribution in [-0.2, 0) is 5.41 Å². The van der Waals surface area contributed by atoms with Gasteiger partial charge in [0.1, 0.15) is 0 Å². The van der Waals surface area contributed by atoms with Gasteiger partial charge in [0.25, 0.3) is 0 Å². The molecular formula is C27H19ClS. The second-order valence-corrected chi connectivity index (χ2v) is 9.79. The van der Waals surface area contributed by atoms with Gasteiger partial charge in [0.05, 0.1) is 0 Å². The van der Waals surface area contributed by atoms with Crippen molar-refractivity contribution in [1.82, 2.24) is 0 Å². The van der Waals surface area contributed by atoms with E-state index in [1.54, 1.807) is 0 Å². The van der Waals surface area contributed by atoms with Gasteiger partial charge in [-0.1, -0.05) is 92.2 Å². The summed E-state index contributed by atoms with van der Waals surface area (Å²) in [6.07, 6.45) is 0.